The number of amides is 1. The fourth-order valence-corrected chi connectivity index (χ4v) is 4.20. The van der Waals surface area contributed by atoms with Crippen molar-refractivity contribution in [3.05, 3.63) is 46.5 Å². The second-order valence-corrected chi connectivity index (χ2v) is 8.67. The van der Waals surface area contributed by atoms with Gasteiger partial charge in [-0.2, -0.15) is 0 Å². The Morgan fingerprint density at radius 1 is 1.30 bits per heavy atom. The first kappa shape index (κ1) is 22.2. The van der Waals surface area contributed by atoms with Crippen LogP contribution in [0.25, 0.3) is 0 Å². The van der Waals surface area contributed by atoms with Crippen molar-refractivity contribution in [3.63, 3.8) is 0 Å². The summed E-state index contributed by atoms with van der Waals surface area (Å²) in [7, 11) is -2.53. The van der Waals surface area contributed by atoms with Gasteiger partial charge in [0.05, 0.1) is 25.9 Å². The Labute approximate surface area is 180 Å². The third-order valence-corrected chi connectivity index (χ3v) is 5.93. The number of rotatable bonds is 7. The third kappa shape index (κ3) is 4.80. The average molecular weight is 455 g/mol. The molecule has 1 aliphatic rings. The number of hydrogen-bond donors (Lipinski definition) is 2. The van der Waals surface area contributed by atoms with Crippen LogP contribution in [0.2, 0.25) is 5.02 Å². The summed E-state index contributed by atoms with van der Waals surface area (Å²) in [6.07, 6.45) is 0.595. The van der Waals surface area contributed by atoms with Crippen LogP contribution in [0.3, 0.4) is 0 Å². The molecule has 0 spiro atoms. The molecular weight excluding hydrogens is 432 g/mol. The number of methoxy groups -OCH3 is 1. The molecule has 30 heavy (non-hydrogen) atoms. The van der Waals surface area contributed by atoms with Crippen LogP contribution in [-0.2, 0) is 10.0 Å². The number of benzene rings is 2. The fraction of sp³-hybridized carbons (Fsp3) is 0.350. The number of nitrogens with one attached hydrogen (secondary N) is 1. The molecule has 1 aliphatic heterocycles. The maximum Gasteiger partial charge on any atom is 0.255 e. The van der Waals surface area contributed by atoms with Crippen molar-refractivity contribution < 1.29 is 27.4 Å². The van der Waals surface area contributed by atoms with Gasteiger partial charge in [-0.1, -0.05) is 11.6 Å². The number of carbonyl (C=O) groups excluding carboxylic acids is 1. The van der Waals surface area contributed by atoms with Crippen molar-refractivity contribution in [1.29, 1.82) is 0 Å². The van der Waals surface area contributed by atoms with Gasteiger partial charge >= 0.3 is 0 Å². The molecule has 1 atom stereocenters. The van der Waals surface area contributed by atoms with Gasteiger partial charge in [0, 0.05) is 29.1 Å². The quantitative estimate of drug-likeness (QED) is 0.664. The summed E-state index contributed by atoms with van der Waals surface area (Å²) in [5.41, 5.74) is 0.960. The van der Waals surface area contributed by atoms with Gasteiger partial charge in [-0.05, 0) is 37.6 Å². The zero-order valence-electron chi connectivity index (χ0n) is 16.6. The molecule has 2 aromatic rings. The third-order valence-electron chi connectivity index (χ3n) is 4.76. The second kappa shape index (κ2) is 9.11. The van der Waals surface area contributed by atoms with Crippen LogP contribution in [-0.4, -0.2) is 41.2 Å². The van der Waals surface area contributed by atoms with E-state index in [-0.39, 0.29) is 35.6 Å². The van der Waals surface area contributed by atoms with E-state index in [0.29, 0.717) is 40.7 Å². The molecule has 3 N–H and O–H groups in total. The molecule has 1 heterocycles. The predicted octanol–water partition coefficient (Wildman–Crippen LogP) is 2.69. The lowest BCUT2D eigenvalue weighted by Gasteiger charge is -2.27. The number of halogens is 1. The van der Waals surface area contributed by atoms with E-state index in [1.807, 2.05) is 0 Å². The number of ether oxygens (including phenoxy) is 3. The molecule has 0 saturated heterocycles. The van der Waals surface area contributed by atoms with Crippen LogP contribution >= 0.6 is 11.6 Å². The smallest absolute Gasteiger partial charge is 0.255 e. The van der Waals surface area contributed by atoms with E-state index in [9.17, 15) is 13.2 Å². The molecule has 0 radical (unpaired) electrons. The van der Waals surface area contributed by atoms with E-state index in [1.165, 1.54) is 25.3 Å². The van der Waals surface area contributed by atoms with Crippen LogP contribution < -0.4 is 24.7 Å². The number of primary sulfonamides is 1. The van der Waals surface area contributed by atoms with E-state index in [1.54, 1.807) is 19.1 Å². The Kier molecular flexibility index (Phi) is 6.74. The summed E-state index contributed by atoms with van der Waals surface area (Å²) in [5, 5.41) is 8.65. The lowest BCUT2D eigenvalue weighted by Crippen LogP contribution is -2.31. The highest BCUT2D eigenvalue weighted by atomic mass is 35.5. The maximum atomic E-state index is 12.7. The zero-order chi connectivity index (χ0) is 21.9. The first-order valence-electron chi connectivity index (χ1n) is 9.32. The minimum atomic E-state index is -4.00. The molecule has 0 aromatic heterocycles. The lowest BCUT2D eigenvalue weighted by atomic mass is 9.92. The molecule has 3 rings (SSSR count). The second-order valence-electron chi connectivity index (χ2n) is 6.70. The summed E-state index contributed by atoms with van der Waals surface area (Å²) in [6, 6.07) is 7.78. The standard InChI is InChI=1S/C20H23ClN2O6S/c1-3-28-18-10-17-14(9-19(18)30(22,25)26)12(6-7-29-17)11-23-20(24)15-8-13(21)4-5-16(15)27-2/h4-5,8-10,12H,3,6-7,11H2,1-2H3,(H,23,24)(H2,22,25,26). The van der Waals surface area contributed by atoms with E-state index >= 15 is 0 Å². The molecule has 0 fully saturated rings. The van der Waals surface area contributed by atoms with Gasteiger partial charge < -0.3 is 19.5 Å². The topological polar surface area (TPSA) is 117 Å². The van der Waals surface area contributed by atoms with Gasteiger partial charge in [0.2, 0.25) is 10.0 Å². The van der Waals surface area contributed by atoms with Crippen molar-refractivity contribution in [2.45, 2.75) is 24.2 Å². The minimum Gasteiger partial charge on any atom is -0.496 e. The predicted molar refractivity (Wildman–Crippen MR) is 112 cm³/mol. The summed E-state index contributed by atoms with van der Waals surface area (Å²) in [5.74, 6) is 0.546. The molecule has 0 aliphatic carbocycles. The average Bonchev–Trinajstić information content (AvgIpc) is 2.70. The van der Waals surface area contributed by atoms with E-state index < -0.39 is 10.0 Å². The monoisotopic (exact) mass is 454 g/mol. The number of hydrogen-bond acceptors (Lipinski definition) is 6. The summed E-state index contributed by atoms with van der Waals surface area (Å²) in [6.45, 7) is 2.72. The highest BCUT2D eigenvalue weighted by Crippen LogP contribution is 2.39. The molecular formula is C20H23ClN2O6S. The highest BCUT2D eigenvalue weighted by molar-refractivity contribution is 7.89. The Morgan fingerprint density at radius 2 is 2.07 bits per heavy atom. The van der Waals surface area contributed by atoms with Crippen molar-refractivity contribution in [1.82, 2.24) is 5.32 Å². The van der Waals surface area contributed by atoms with Gasteiger partial charge in [-0.25, -0.2) is 13.6 Å². The SMILES string of the molecule is CCOc1cc2c(cc1S(N)(=O)=O)C(CNC(=O)c1cc(Cl)ccc1OC)CCO2. The van der Waals surface area contributed by atoms with Crippen LogP contribution in [0.15, 0.2) is 35.2 Å². The Morgan fingerprint density at radius 3 is 2.73 bits per heavy atom. The molecule has 162 valence electrons. The number of carbonyl (C=O) groups is 1. The fourth-order valence-electron chi connectivity index (χ4n) is 3.34. The molecule has 8 nitrogen and oxygen atoms in total. The van der Waals surface area contributed by atoms with Gasteiger partial charge in [0.25, 0.3) is 5.91 Å². The van der Waals surface area contributed by atoms with Crippen molar-refractivity contribution in [2.75, 3.05) is 26.9 Å². The number of sulfonamides is 1. The van der Waals surface area contributed by atoms with Crippen LogP contribution in [0.4, 0.5) is 0 Å². The number of fused-ring (bicyclic) bond motifs is 1. The van der Waals surface area contributed by atoms with Gasteiger partial charge in [0.15, 0.2) is 0 Å². The molecule has 0 bridgehead atoms. The van der Waals surface area contributed by atoms with Gasteiger partial charge in [-0.15, -0.1) is 0 Å². The maximum absolute atomic E-state index is 12.7. The van der Waals surface area contributed by atoms with E-state index in [4.69, 9.17) is 31.0 Å². The normalized spacial score (nSPS) is 15.7. The lowest BCUT2D eigenvalue weighted by molar-refractivity contribution is 0.0945. The molecule has 1 amide bonds. The molecule has 2 aromatic carbocycles. The van der Waals surface area contributed by atoms with Gasteiger partial charge in [0.1, 0.15) is 22.1 Å². The highest BCUT2D eigenvalue weighted by Gasteiger charge is 2.28. The number of nitrogens with two attached hydrogens (primary N) is 1. The van der Waals surface area contributed by atoms with Crippen molar-refractivity contribution in [2.24, 2.45) is 5.14 Å². The van der Waals surface area contributed by atoms with Crippen LogP contribution in [0.5, 0.6) is 17.2 Å². The van der Waals surface area contributed by atoms with Crippen molar-refractivity contribution in [3.8, 4) is 17.2 Å². The minimum absolute atomic E-state index is 0.110. The Bertz CT molecular complexity index is 1060. The Balaban J connectivity index is 1.86. The van der Waals surface area contributed by atoms with E-state index in [0.717, 1.165) is 0 Å². The summed E-state index contributed by atoms with van der Waals surface area (Å²) >= 11 is 6.00. The zero-order valence-corrected chi connectivity index (χ0v) is 18.2. The van der Waals surface area contributed by atoms with Crippen LogP contribution in [0, 0.1) is 0 Å². The molecule has 0 saturated carbocycles. The molecule has 10 heteroatoms. The molecule has 1 unspecified atom stereocenters. The Hall–Kier alpha value is -2.49. The largest absolute Gasteiger partial charge is 0.496 e. The van der Waals surface area contributed by atoms with Crippen LogP contribution in [0.1, 0.15) is 35.2 Å². The summed E-state index contributed by atoms with van der Waals surface area (Å²) < 4.78 is 40.4. The first-order chi connectivity index (χ1) is 14.2. The van der Waals surface area contributed by atoms with E-state index in [2.05, 4.69) is 5.32 Å². The van der Waals surface area contributed by atoms with Gasteiger partial charge in [-0.3, -0.25) is 4.79 Å². The summed E-state index contributed by atoms with van der Waals surface area (Å²) in [4.78, 5) is 12.6. The first-order valence-corrected chi connectivity index (χ1v) is 11.2. The van der Waals surface area contributed by atoms with Crippen molar-refractivity contribution >= 4 is 27.5 Å².